The van der Waals surface area contributed by atoms with E-state index in [9.17, 15) is 4.79 Å². The summed E-state index contributed by atoms with van der Waals surface area (Å²) in [6.45, 7) is 4.35. The summed E-state index contributed by atoms with van der Waals surface area (Å²) in [4.78, 5) is 11.7. The first-order valence-electron chi connectivity index (χ1n) is 6.70. The molecule has 1 aromatic heterocycles. The molecule has 2 rings (SSSR count). The maximum absolute atomic E-state index is 11.7. The Morgan fingerprint density at radius 1 is 1.32 bits per heavy atom. The van der Waals surface area contributed by atoms with E-state index in [1.54, 1.807) is 24.1 Å². The molecule has 0 fully saturated rings. The Balaban J connectivity index is 2.20. The van der Waals surface area contributed by atoms with Gasteiger partial charge in [0.2, 0.25) is 5.88 Å². The van der Waals surface area contributed by atoms with Gasteiger partial charge in [-0.3, -0.25) is 4.68 Å². The number of nitrogens with zero attached hydrogens (tertiary/aromatic N) is 2. The van der Waals surface area contributed by atoms with Crippen LogP contribution in [0.1, 0.15) is 15.9 Å². The lowest BCUT2D eigenvalue weighted by molar-refractivity contribution is 0.0596. The highest BCUT2D eigenvalue weighted by molar-refractivity contribution is 5.91. The zero-order chi connectivity index (χ0) is 15.9. The van der Waals surface area contributed by atoms with E-state index in [0.717, 1.165) is 11.3 Å². The van der Waals surface area contributed by atoms with E-state index in [1.807, 2.05) is 24.3 Å². The van der Waals surface area contributed by atoms with Gasteiger partial charge in [-0.15, -0.1) is 5.10 Å². The second-order valence-electron chi connectivity index (χ2n) is 4.48. The van der Waals surface area contributed by atoms with E-state index in [1.165, 1.54) is 7.11 Å². The van der Waals surface area contributed by atoms with Gasteiger partial charge in [-0.05, 0) is 17.7 Å². The lowest BCUT2D eigenvalue weighted by Gasteiger charge is -2.03. The van der Waals surface area contributed by atoms with Crippen LogP contribution in [-0.2, 0) is 11.3 Å². The smallest absolute Gasteiger partial charge is 0.345 e. The van der Waals surface area contributed by atoms with E-state index in [-0.39, 0.29) is 18.1 Å². The third kappa shape index (κ3) is 3.66. The van der Waals surface area contributed by atoms with Crippen LogP contribution in [0, 0.1) is 0 Å². The highest BCUT2D eigenvalue weighted by atomic mass is 16.5. The Kier molecular flexibility index (Phi) is 5.19. The number of rotatable bonds is 7. The molecule has 0 unspecified atom stereocenters. The van der Waals surface area contributed by atoms with Crippen molar-refractivity contribution in [2.45, 2.75) is 6.54 Å². The molecule has 0 radical (unpaired) electrons. The zero-order valence-electron chi connectivity index (χ0n) is 12.6. The van der Waals surface area contributed by atoms with E-state index in [0.29, 0.717) is 6.54 Å². The number of hydrogen-bond acceptors (Lipinski definition) is 5. The van der Waals surface area contributed by atoms with Crippen molar-refractivity contribution in [1.82, 2.24) is 9.78 Å². The summed E-state index contributed by atoms with van der Waals surface area (Å²) in [5.41, 5.74) is 1.31. The average Bonchev–Trinajstić information content (AvgIpc) is 2.95. The first-order valence-corrected chi connectivity index (χ1v) is 6.70. The lowest BCUT2D eigenvalue weighted by atomic mass is 10.2. The number of carbonyl (C=O) groups is 1. The Bertz CT molecular complexity index is 647. The van der Waals surface area contributed by atoms with E-state index >= 15 is 0 Å². The molecule has 2 aromatic rings. The molecule has 6 heteroatoms. The number of hydrogen-bond donors (Lipinski definition) is 0. The summed E-state index contributed by atoms with van der Waals surface area (Å²) in [5, 5.41) is 4.27. The normalized spacial score (nSPS) is 10.1. The predicted octanol–water partition coefficient (Wildman–Crippen LogP) is 2.29. The Morgan fingerprint density at radius 2 is 2.05 bits per heavy atom. The highest BCUT2D eigenvalue weighted by Crippen LogP contribution is 2.19. The van der Waals surface area contributed by atoms with Gasteiger partial charge in [0, 0.05) is 6.20 Å². The molecule has 0 aliphatic rings. The quantitative estimate of drug-likeness (QED) is 0.580. The number of aromatic nitrogens is 2. The fraction of sp³-hybridized carbons (Fsp3) is 0.250. The molecule has 1 aromatic carbocycles. The van der Waals surface area contributed by atoms with Crippen molar-refractivity contribution < 1.29 is 19.0 Å². The first kappa shape index (κ1) is 15.6. The Morgan fingerprint density at radius 3 is 2.64 bits per heavy atom. The minimum atomic E-state index is -0.486. The van der Waals surface area contributed by atoms with Crippen molar-refractivity contribution in [3.05, 3.63) is 54.2 Å². The molecule has 1 heterocycles. The van der Waals surface area contributed by atoms with Gasteiger partial charge in [-0.1, -0.05) is 24.8 Å². The van der Waals surface area contributed by atoms with Gasteiger partial charge in [-0.25, -0.2) is 4.79 Å². The van der Waals surface area contributed by atoms with Crippen LogP contribution in [0.15, 0.2) is 43.1 Å². The molecule has 0 saturated heterocycles. The fourth-order valence-electron chi connectivity index (χ4n) is 1.90. The molecule has 0 N–H and O–H groups in total. The highest BCUT2D eigenvalue weighted by Gasteiger charge is 2.18. The Labute approximate surface area is 128 Å². The molecule has 116 valence electrons. The molecular formula is C16H18N2O4. The van der Waals surface area contributed by atoms with Gasteiger partial charge < -0.3 is 14.2 Å². The molecule has 0 atom stereocenters. The third-order valence-corrected chi connectivity index (χ3v) is 2.97. The van der Waals surface area contributed by atoms with Crippen molar-refractivity contribution in [3.8, 4) is 11.6 Å². The molecule has 0 aliphatic carbocycles. The summed E-state index contributed by atoms with van der Waals surface area (Å²) in [7, 11) is 2.94. The van der Waals surface area contributed by atoms with Crippen LogP contribution in [0.2, 0.25) is 0 Å². The maximum atomic E-state index is 11.7. The summed E-state index contributed by atoms with van der Waals surface area (Å²) in [6, 6.07) is 7.61. The molecule has 0 saturated carbocycles. The molecule has 0 aliphatic heterocycles. The molecular weight excluding hydrogens is 284 g/mol. The average molecular weight is 302 g/mol. The Hall–Kier alpha value is -2.76. The number of ether oxygens (including phenoxy) is 3. The van der Waals surface area contributed by atoms with Crippen LogP contribution < -0.4 is 9.47 Å². The van der Waals surface area contributed by atoms with Gasteiger partial charge >= 0.3 is 5.97 Å². The van der Waals surface area contributed by atoms with Crippen LogP contribution in [0.4, 0.5) is 0 Å². The van der Waals surface area contributed by atoms with E-state index < -0.39 is 5.97 Å². The molecule has 0 bridgehead atoms. The number of methoxy groups -OCH3 is 2. The van der Waals surface area contributed by atoms with Gasteiger partial charge in [0.15, 0.2) is 0 Å². The zero-order valence-corrected chi connectivity index (χ0v) is 12.6. The van der Waals surface area contributed by atoms with Crippen molar-refractivity contribution in [1.29, 1.82) is 0 Å². The van der Waals surface area contributed by atoms with Crippen LogP contribution in [-0.4, -0.2) is 36.6 Å². The van der Waals surface area contributed by atoms with Crippen LogP contribution >= 0.6 is 0 Å². The second-order valence-corrected chi connectivity index (χ2v) is 4.48. The minimum Gasteiger partial charge on any atom is -0.497 e. The SMILES string of the molecule is C=CCOc1nn(Cc2ccc(OC)cc2)cc1C(=O)OC. The maximum Gasteiger partial charge on any atom is 0.345 e. The van der Waals surface area contributed by atoms with Crippen molar-refractivity contribution in [3.63, 3.8) is 0 Å². The third-order valence-electron chi connectivity index (χ3n) is 2.97. The van der Waals surface area contributed by atoms with Crippen molar-refractivity contribution >= 4 is 5.97 Å². The van der Waals surface area contributed by atoms with Gasteiger partial charge in [0.25, 0.3) is 0 Å². The number of carbonyl (C=O) groups excluding carboxylic acids is 1. The summed E-state index contributed by atoms with van der Waals surface area (Å²) >= 11 is 0. The van der Waals surface area contributed by atoms with Crippen LogP contribution in [0.3, 0.4) is 0 Å². The fourth-order valence-corrected chi connectivity index (χ4v) is 1.90. The molecule has 0 amide bonds. The standard InChI is InChI=1S/C16H18N2O4/c1-4-9-22-15-14(16(19)21-3)11-18(17-15)10-12-5-7-13(20-2)8-6-12/h4-8,11H,1,9-10H2,2-3H3. The van der Waals surface area contributed by atoms with Crippen molar-refractivity contribution in [2.24, 2.45) is 0 Å². The van der Waals surface area contributed by atoms with E-state index in [4.69, 9.17) is 14.2 Å². The van der Waals surface area contributed by atoms with Gasteiger partial charge in [-0.2, -0.15) is 0 Å². The van der Waals surface area contributed by atoms with Crippen LogP contribution in [0.5, 0.6) is 11.6 Å². The lowest BCUT2D eigenvalue weighted by Crippen LogP contribution is -2.03. The summed E-state index contributed by atoms with van der Waals surface area (Å²) in [5.74, 6) is 0.537. The molecule has 0 spiro atoms. The second kappa shape index (κ2) is 7.31. The number of benzene rings is 1. The minimum absolute atomic E-state index is 0.236. The summed E-state index contributed by atoms with van der Waals surface area (Å²) < 4.78 is 16.9. The number of esters is 1. The largest absolute Gasteiger partial charge is 0.497 e. The molecule has 6 nitrogen and oxygen atoms in total. The predicted molar refractivity (Wildman–Crippen MR) is 81.4 cm³/mol. The monoisotopic (exact) mass is 302 g/mol. The van der Waals surface area contributed by atoms with Gasteiger partial charge in [0.05, 0.1) is 20.8 Å². The van der Waals surface area contributed by atoms with E-state index in [2.05, 4.69) is 11.7 Å². The van der Waals surface area contributed by atoms with Crippen molar-refractivity contribution in [2.75, 3.05) is 20.8 Å². The first-order chi connectivity index (χ1) is 10.7. The molecule has 22 heavy (non-hydrogen) atoms. The van der Waals surface area contributed by atoms with Gasteiger partial charge in [0.1, 0.15) is 17.9 Å². The topological polar surface area (TPSA) is 62.6 Å². The summed E-state index contributed by atoms with van der Waals surface area (Å²) in [6.07, 6.45) is 3.19. The van der Waals surface area contributed by atoms with Crippen LogP contribution in [0.25, 0.3) is 0 Å².